The second kappa shape index (κ2) is 7.15. The number of anilines is 1. The number of nitrogens with zero attached hydrogens (tertiary/aromatic N) is 2. The lowest BCUT2D eigenvalue weighted by Crippen LogP contribution is -2.48. The van der Waals surface area contributed by atoms with E-state index in [4.69, 9.17) is 11.6 Å². The predicted molar refractivity (Wildman–Crippen MR) is 90.4 cm³/mol. The lowest BCUT2D eigenvalue weighted by atomic mass is 10.0. The molecule has 0 aliphatic carbocycles. The summed E-state index contributed by atoms with van der Waals surface area (Å²) < 4.78 is 0. The quantitative estimate of drug-likeness (QED) is 0.666. The van der Waals surface area contributed by atoms with Gasteiger partial charge in [0.05, 0.1) is 10.7 Å². The van der Waals surface area contributed by atoms with Gasteiger partial charge in [0.25, 0.3) is 0 Å². The molecule has 1 aromatic carbocycles. The Morgan fingerprint density at radius 2 is 1.74 bits per heavy atom. The van der Waals surface area contributed by atoms with E-state index in [0.29, 0.717) is 29.8 Å². The number of carbonyl (C=O) groups excluding carboxylic acids is 2. The van der Waals surface area contributed by atoms with E-state index < -0.39 is 11.8 Å². The standard InChI is InChI=1S/C17H20ClN3O2/c18-14-5-1-2-6-15(14)19-16(22)17(23)21-11-7-13(8-12-21)20-9-3-4-10-20/h1-6,13H,7-12H2,(H,19,22). The van der Waals surface area contributed by atoms with Crippen molar-refractivity contribution in [3.05, 3.63) is 41.4 Å². The molecule has 6 heteroatoms. The molecule has 2 heterocycles. The second-order valence-corrected chi connectivity index (χ2v) is 6.29. The summed E-state index contributed by atoms with van der Waals surface area (Å²) in [7, 11) is 0. The van der Waals surface area contributed by atoms with Gasteiger partial charge in [-0.3, -0.25) is 14.5 Å². The lowest BCUT2D eigenvalue weighted by Gasteiger charge is -2.36. The molecule has 23 heavy (non-hydrogen) atoms. The molecule has 0 aromatic heterocycles. The molecule has 122 valence electrons. The fourth-order valence-corrected chi connectivity index (χ4v) is 3.29. The highest BCUT2D eigenvalue weighted by molar-refractivity contribution is 6.41. The van der Waals surface area contributed by atoms with Crippen molar-refractivity contribution < 1.29 is 9.59 Å². The van der Waals surface area contributed by atoms with Gasteiger partial charge < -0.3 is 10.2 Å². The van der Waals surface area contributed by atoms with E-state index >= 15 is 0 Å². The Balaban J connectivity index is 1.52. The number of nitrogens with one attached hydrogen (secondary N) is 1. The highest BCUT2D eigenvalue weighted by Gasteiger charge is 2.29. The van der Waals surface area contributed by atoms with Gasteiger partial charge in [0.15, 0.2) is 0 Å². The Hall–Kier alpha value is -1.85. The first kappa shape index (κ1) is 16.0. The number of benzene rings is 1. The average molecular weight is 334 g/mol. The SMILES string of the molecule is O=C(Nc1ccccc1Cl)C(=O)N1CCC(N2CC=CC2)CC1. The van der Waals surface area contributed by atoms with Crippen LogP contribution in [-0.4, -0.2) is 53.8 Å². The molecule has 5 nitrogen and oxygen atoms in total. The van der Waals surface area contributed by atoms with Gasteiger partial charge in [-0.2, -0.15) is 0 Å². The molecule has 0 atom stereocenters. The highest BCUT2D eigenvalue weighted by Crippen LogP contribution is 2.21. The predicted octanol–water partition coefficient (Wildman–Crippen LogP) is 2.14. The van der Waals surface area contributed by atoms with Gasteiger partial charge in [-0.25, -0.2) is 0 Å². The van der Waals surface area contributed by atoms with E-state index in [2.05, 4.69) is 22.4 Å². The van der Waals surface area contributed by atoms with Crippen LogP contribution in [0.1, 0.15) is 12.8 Å². The summed E-state index contributed by atoms with van der Waals surface area (Å²) in [5, 5.41) is 3.02. The van der Waals surface area contributed by atoms with Gasteiger partial charge in [0.1, 0.15) is 0 Å². The van der Waals surface area contributed by atoms with Crippen molar-refractivity contribution in [1.29, 1.82) is 0 Å². The van der Waals surface area contributed by atoms with Crippen LogP contribution in [0.3, 0.4) is 0 Å². The van der Waals surface area contributed by atoms with E-state index in [1.54, 1.807) is 29.2 Å². The minimum atomic E-state index is -0.626. The molecular formula is C17H20ClN3O2. The Kier molecular flexibility index (Phi) is 4.98. The van der Waals surface area contributed by atoms with Crippen molar-refractivity contribution in [3.63, 3.8) is 0 Å². The molecule has 1 N–H and O–H groups in total. The zero-order chi connectivity index (χ0) is 16.2. The third-order valence-electron chi connectivity index (χ3n) is 4.43. The van der Waals surface area contributed by atoms with Gasteiger partial charge in [0, 0.05) is 32.2 Å². The van der Waals surface area contributed by atoms with Crippen LogP contribution in [0.25, 0.3) is 0 Å². The highest BCUT2D eigenvalue weighted by atomic mass is 35.5. The lowest BCUT2D eigenvalue weighted by molar-refractivity contribution is -0.144. The number of amides is 2. The molecular weight excluding hydrogens is 314 g/mol. The number of para-hydroxylation sites is 1. The van der Waals surface area contributed by atoms with Crippen LogP contribution in [0.2, 0.25) is 5.02 Å². The van der Waals surface area contributed by atoms with Crippen LogP contribution in [-0.2, 0) is 9.59 Å². The van der Waals surface area contributed by atoms with Crippen LogP contribution < -0.4 is 5.32 Å². The minimum absolute atomic E-state index is 0.425. The number of hydrogen-bond donors (Lipinski definition) is 1. The van der Waals surface area contributed by atoms with E-state index in [0.717, 1.165) is 25.9 Å². The molecule has 1 aromatic rings. The van der Waals surface area contributed by atoms with E-state index in [9.17, 15) is 9.59 Å². The van der Waals surface area contributed by atoms with Gasteiger partial charge in [-0.15, -0.1) is 0 Å². The van der Waals surface area contributed by atoms with E-state index in [1.165, 1.54) is 0 Å². The summed E-state index contributed by atoms with van der Waals surface area (Å²) in [6.45, 7) is 3.23. The van der Waals surface area contributed by atoms with Gasteiger partial charge in [-0.05, 0) is 25.0 Å². The number of hydrogen-bond acceptors (Lipinski definition) is 3. The Bertz CT molecular complexity index is 616. The maximum Gasteiger partial charge on any atom is 0.313 e. The summed E-state index contributed by atoms with van der Waals surface area (Å²) in [6, 6.07) is 7.40. The maximum atomic E-state index is 12.3. The largest absolute Gasteiger partial charge is 0.334 e. The zero-order valence-corrected chi connectivity index (χ0v) is 13.6. The summed E-state index contributed by atoms with van der Waals surface area (Å²) in [6.07, 6.45) is 6.17. The average Bonchev–Trinajstić information content (AvgIpc) is 3.11. The fourth-order valence-electron chi connectivity index (χ4n) is 3.11. The van der Waals surface area contributed by atoms with Crippen LogP contribution >= 0.6 is 11.6 Å². The Labute approximate surface area is 140 Å². The first-order valence-electron chi connectivity index (χ1n) is 7.89. The molecule has 1 saturated heterocycles. The topological polar surface area (TPSA) is 52.7 Å². The first-order chi connectivity index (χ1) is 11.1. The molecule has 2 aliphatic heterocycles. The van der Waals surface area contributed by atoms with Crippen molar-refractivity contribution in [3.8, 4) is 0 Å². The molecule has 0 unspecified atom stereocenters. The molecule has 0 spiro atoms. The summed E-state index contributed by atoms with van der Waals surface area (Å²) in [5.74, 6) is -1.11. The third-order valence-corrected chi connectivity index (χ3v) is 4.76. The summed E-state index contributed by atoms with van der Waals surface area (Å²) in [5.41, 5.74) is 0.463. The van der Waals surface area contributed by atoms with E-state index in [1.807, 2.05) is 0 Å². The molecule has 2 amide bonds. The van der Waals surface area contributed by atoms with Crippen molar-refractivity contribution in [2.24, 2.45) is 0 Å². The smallest absolute Gasteiger partial charge is 0.313 e. The fraction of sp³-hybridized carbons (Fsp3) is 0.412. The third kappa shape index (κ3) is 3.74. The normalized spacial score (nSPS) is 19.1. The molecule has 2 aliphatic rings. The van der Waals surface area contributed by atoms with Crippen molar-refractivity contribution in [1.82, 2.24) is 9.80 Å². The van der Waals surface area contributed by atoms with Gasteiger partial charge >= 0.3 is 11.8 Å². The number of piperidine rings is 1. The Morgan fingerprint density at radius 3 is 2.39 bits per heavy atom. The van der Waals surface area contributed by atoms with Crippen LogP contribution in [0, 0.1) is 0 Å². The summed E-state index contributed by atoms with van der Waals surface area (Å²) >= 11 is 6.00. The first-order valence-corrected chi connectivity index (χ1v) is 8.27. The zero-order valence-electron chi connectivity index (χ0n) is 12.9. The maximum absolute atomic E-state index is 12.3. The van der Waals surface area contributed by atoms with Gasteiger partial charge in [-0.1, -0.05) is 35.9 Å². The van der Waals surface area contributed by atoms with Crippen molar-refractivity contribution in [2.45, 2.75) is 18.9 Å². The minimum Gasteiger partial charge on any atom is -0.334 e. The number of likely N-dealkylation sites (tertiary alicyclic amines) is 1. The molecule has 1 fully saturated rings. The van der Waals surface area contributed by atoms with Crippen LogP contribution in [0.15, 0.2) is 36.4 Å². The monoisotopic (exact) mass is 333 g/mol. The molecule has 0 saturated carbocycles. The number of halogens is 1. The summed E-state index contributed by atoms with van der Waals surface area (Å²) in [4.78, 5) is 28.4. The van der Waals surface area contributed by atoms with Crippen molar-refractivity contribution in [2.75, 3.05) is 31.5 Å². The second-order valence-electron chi connectivity index (χ2n) is 5.88. The number of carbonyl (C=O) groups is 2. The van der Waals surface area contributed by atoms with Gasteiger partial charge in [0.2, 0.25) is 0 Å². The van der Waals surface area contributed by atoms with Crippen molar-refractivity contribution >= 4 is 29.1 Å². The molecule has 0 radical (unpaired) electrons. The number of rotatable bonds is 2. The van der Waals surface area contributed by atoms with Crippen LogP contribution in [0.5, 0.6) is 0 Å². The van der Waals surface area contributed by atoms with E-state index in [-0.39, 0.29) is 0 Å². The molecule has 3 rings (SSSR count). The van der Waals surface area contributed by atoms with Crippen LogP contribution in [0.4, 0.5) is 5.69 Å². The Morgan fingerprint density at radius 1 is 1.09 bits per heavy atom. The molecule has 0 bridgehead atoms.